The maximum absolute atomic E-state index is 5.08. The molecule has 0 saturated carbocycles. The molecule has 1 aromatic heterocycles. The van der Waals surface area contributed by atoms with Crippen LogP contribution in [-0.4, -0.2) is 15.0 Å². The van der Waals surface area contributed by atoms with Crippen molar-refractivity contribution < 1.29 is 0 Å². The number of allylic oxidation sites excluding steroid dienone is 4. The van der Waals surface area contributed by atoms with E-state index in [9.17, 15) is 0 Å². The summed E-state index contributed by atoms with van der Waals surface area (Å²) in [4.78, 5) is 15.1. The third-order valence-electron chi connectivity index (χ3n) is 10.7. The Balaban J connectivity index is 1.17. The zero-order valence-corrected chi connectivity index (χ0v) is 28.9. The lowest BCUT2D eigenvalue weighted by atomic mass is 9.79. The molecule has 0 spiro atoms. The zero-order chi connectivity index (χ0) is 33.7. The van der Waals surface area contributed by atoms with Gasteiger partial charge in [-0.1, -0.05) is 155 Å². The van der Waals surface area contributed by atoms with Crippen molar-refractivity contribution in [2.45, 2.75) is 46.5 Å². The molecule has 0 N–H and O–H groups in total. The van der Waals surface area contributed by atoms with Gasteiger partial charge in [-0.15, -0.1) is 0 Å². The van der Waals surface area contributed by atoms with Gasteiger partial charge in [0.15, 0.2) is 17.5 Å². The number of rotatable bonds is 6. The summed E-state index contributed by atoms with van der Waals surface area (Å²) in [5, 5.41) is 0. The van der Waals surface area contributed by atoms with Crippen LogP contribution in [0.4, 0.5) is 0 Å². The highest BCUT2D eigenvalue weighted by molar-refractivity contribution is 5.84. The molecule has 6 aromatic rings. The van der Waals surface area contributed by atoms with Crippen LogP contribution < -0.4 is 0 Å². The van der Waals surface area contributed by atoms with Crippen molar-refractivity contribution >= 4 is 5.57 Å². The van der Waals surface area contributed by atoms with Crippen molar-refractivity contribution in [2.75, 3.05) is 0 Å². The summed E-state index contributed by atoms with van der Waals surface area (Å²) in [6, 6.07) is 43.1. The summed E-state index contributed by atoms with van der Waals surface area (Å²) in [5.74, 6) is 3.14. The van der Waals surface area contributed by atoms with E-state index in [0.29, 0.717) is 29.3 Å². The molecule has 0 amide bonds. The van der Waals surface area contributed by atoms with Gasteiger partial charge < -0.3 is 0 Å². The standard InChI is InChI=1S/C46H41N3/c1-6-38-29(2)25-37(26-30(38)3)31-19-21-33(22-20-31)44-47-43(32-13-8-7-9-14-32)48-45(49-44)36-16-12-15-34(27-36)35-23-24-40-39-17-10-11-18-41(39)46(4,5)42(40)28-35/h7-29,38H,6H2,1-5H3. The van der Waals surface area contributed by atoms with Crippen molar-refractivity contribution in [3.05, 3.63) is 156 Å². The highest BCUT2D eigenvalue weighted by atomic mass is 15.0. The molecular weight excluding hydrogens is 595 g/mol. The second-order valence-electron chi connectivity index (χ2n) is 14.1. The van der Waals surface area contributed by atoms with Crippen LogP contribution in [0.1, 0.15) is 57.7 Å². The first-order valence-electron chi connectivity index (χ1n) is 17.5. The molecule has 240 valence electrons. The first-order valence-corrected chi connectivity index (χ1v) is 17.5. The van der Waals surface area contributed by atoms with Gasteiger partial charge in [0.25, 0.3) is 0 Å². The summed E-state index contributed by atoms with van der Waals surface area (Å²) >= 11 is 0. The quantitative estimate of drug-likeness (QED) is 0.183. The fourth-order valence-corrected chi connectivity index (χ4v) is 7.97. The Labute approximate surface area is 290 Å². The van der Waals surface area contributed by atoms with Gasteiger partial charge in [-0.3, -0.25) is 0 Å². The van der Waals surface area contributed by atoms with Crippen molar-refractivity contribution in [2.24, 2.45) is 11.8 Å². The van der Waals surface area contributed by atoms with Crippen LogP contribution in [0.2, 0.25) is 0 Å². The van der Waals surface area contributed by atoms with Gasteiger partial charge in [-0.2, -0.15) is 0 Å². The molecule has 0 aliphatic heterocycles. The molecule has 8 rings (SSSR count). The van der Waals surface area contributed by atoms with Gasteiger partial charge in [0.05, 0.1) is 0 Å². The van der Waals surface area contributed by atoms with E-state index in [4.69, 9.17) is 15.0 Å². The number of nitrogens with zero attached hydrogens (tertiary/aromatic N) is 3. The van der Waals surface area contributed by atoms with E-state index in [0.717, 1.165) is 22.3 Å². The van der Waals surface area contributed by atoms with Crippen molar-refractivity contribution in [3.8, 4) is 56.4 Å². The molecule has 0 bridgehead atoms. The Morgan fingerprint density at radius 2 is 1.10 bits per heavy atom. The Kier molecular flexibility index (Phi) is 7.72. The van der Waals surface area contributed by atoms with Crippen molar-refractivity contribution in [1.29, 1.82) is 0 Å². The van der Waals surface area contributed by atoms with E-state index in [-0.39, 0.29) is 5.41 Å². The number of fused-ring (bicyclic) bond motifs is 3. The largest absolute Gasteiger partial charge is 0.208 e. The predicted octanol–water partition coefficient (Wildman–Crippen LogP) is 11.9. The van der Waals surface area contributed by atoms with E-state index in [2.05, 4.69) is 150 Å². The predicted molar refractivity (Wildman–Crippen MR) is 204 cm³/mol. The Morgan fingerprint density at radius 1 is 0.551 bits per heavy atom. The summed E-state index contributed by atoms with van der Waals surface area (Å²) in [6.07, 6.45) is 5.94. The molecule has 5 aromatic carbocycles. The van der Waals surface area contributed by atoms with Crippen molar-refractivity contribution in [1.82, 2.24) is 15.0 Å². The summed E-state index contributed by atoms with van der Waals surface area (Å²) in [5.41, 5.74) is 14.6. The van der Waals surface area contributed by atoms with Crippen LogP contribution in [-0.2, 0) is 5.41 Å². The SMILES string of the molecule is CCC1C(C)=CC(c2ccc(-c3nc(-c4ccccc4)nc(-c4cccc(-c5ccc6c(c5)C(C)(C)c5ccccc5-6)c4)n3)cc2)=CC1C. The minimum absolute atomic E-state index is 0.0540. The monoisotopic (exact) mass is 635 g/mol. The fourth-order valence-electron chi connectivity index (χ4n) is 7.97. The van der Waals surface area contributed by atoms with Gasteiger partial charge in [-0.25, -0.2) is 15.0 Å². The Bertz CT molecular complexity index is 2260. The third-order valence-corrected chi connectivity index (χ3v) is 10.7. The van der Waals surface area contributed by atoms with E-state index >= 15 is 0 Å². The van der Waals surface area contributed by atoms with Gasteiger partial charge in [0.2, 0.25) is 0 Å². The summed E-state index contributed by atoms with van der Waals surface area (Å²) in [7, 11) is 0. The van der Waals surface area contributed by atoms with Gasteiger partial charge >= 0.3 is 0 Å². The Hall–Kier alpha value is -5.41. The highest BCUT2D eigenvalue weighted by Gasteiger charge is 2.35. The Morgan fingerprint density at radius 3 is 1.82 bits per heavy atom. The van der Waals surface area contributed by atoms with E-state index in [1.807, 2.05) is 18.2 Å². The molecule has 2 aliphatic rings. The molecule has 2 atom stereocenters. The van der Waals surface area contributed by atoms with Gasteiger partial charge in [0.1, 0.15) is 0 Å². The second-order valence-corrected chi connectivity index (χ2v) is 14.1. The van der Waals surface area contributed by atoms with Crippen LogP contribution in [0.15, 0.2) is 139 Å². The molecule has 0 saturated heterocycles. The number of aromatic nitrogens is 3. The molecule has 3 heteroatoms. The van der Waals surface area contributed by atoms with Crippen LogP contribution in [0.25, 0.3) is 62.0 Å². The minimum Gasteiger partial charge on any atom is -0.208 e. The third kappa shape index (κ3) is 5.54. The maximum Gasteiger partial charge on any atom is 0.164 e. The number of benzene rings is 5. The normalized spacial score (nSPS) is 17.6. The molecule has 0 radical (unpaired) electrons. The van der Waals surface area contributed by atoms with Crippen molar-refractivity contribution in [3.63, 3.8) is 0 Å². The van der Waals surface area contributed by atoms with Gasteiger partial charge in [-0.05, 0) is 81.8 Å². The molecule has 2 unspecified atom stereocenters. The smallest absolute Gasteiger partial charge is 0.164 e. The summed E-state index contributed by atoms with van der Waals surface area (Å²) in [6.45, 7) is 11.5. The molecule has 1 heterocycles. The van der Waals surface area contributed by atoms with Crippen LogP contribution in [0.5, 0.6) is 0 Å². The van der Waals surface area contributed by atoms with Crippen LogP contribution in [0, 0.1) is 11.8 Å². The van der Waals surface area contributed by atoms with E-state index < -0.39 is 0 Å². The van der Waals surface area contributed by atoms with Crippen LogP contribution >= 0.6 is 0 Å². The molecule has 2 aliphatic carbocycles. The number of hydrogen-bond donors (Lipinski definition) is 0. The fraction of sp³-hybridized carbons (Fsp3) is 0.196. The molecule has 49 heavy (non-hydrogen) atoms. The first-order chi connectivity index (χ1) is 23.8. The highest BCUT2D eigenvalue weighted by Crippen LogP contribution is 2.49. The lowest BCUT2D eigenvalue weighted by molar-refractivity contribution is 0.467. The van der Waals surface area contributed by atoms with Crippen LogP contribution in [0.3, 0.4) is 0 Å². The van der Waals surface area contributed by atoms with E-state index in [1.54, 1.807) is 0 Å². The minimum atomic E-state index is -0.0540. The maximum atomic E-state index is 5.08. The van der Waals surface area contributed by atoms with E-state index in [1.165, 1.54) is 50.9 Å². The lowest BCUT2D eigenvalue weighted by Crippen LogP contribution is -2.14. The molecule has 0 fully saturated rings. The topological polar surface area (TPSA) is 38.7 Å². The average Bonchev–Trinajstić information content (AvgIpc) is 3.37. The lowest BCUT2D eigenvalue weighted by Gasteiger charge is -2.26. The second kappa shape index (κ2) is 12.2. The molecule has 3 nitrogen and oxygen atoms in total. The zero-order valence-electron chi connectivity index (χ0n) is 28.9. The molecular formula is C46H41N3. The first kappa shape index (κ1) is 30.9. The summed E-state index contributed by atoms with van der Waals surface area (Å²) < 4.78 is 0. The van der Waals surface area contributed by atoms with Gasteiger partial charge in [0, 0.05) is 22.1 Å². The average molecular weight is 636 g/mol. The number of hydrogen-bond acceptors (Lipinski definition) is 3.